The quantitative estimate of drug-likeness (QED) is 0.678. The first kappa shape index (κ1) is 16.1. The third-order valence-corrected chi connectivity index (χ3v) is 4.16. The average molecular weight is 328 g/mol. The van der Waals surface area contributed by atoms with Gasteiger partial charge in [-0.1, -0.05) is 28.5 Å². The SMILES string of the molecule is Cc1ccc(OCC(=O)N2CCN(c3cccc[n+]3O)CC2)cc1. The van der Waals surface area contributed by atoms with Crippen molar-refractivity contribution in [2.75, 3.05) is 37.7 Å². The van der Waals surface area contributed by atoms with E-state index in [-0.39, 0.29) is 12.5 Å². The van der Waals surface area contributed by atoms with E-state index in [1.165, 1.54) is 0 Å². The van der Waals surface area contributed by atoms with Crippen LogP contribution in [0.3, 0.4) is 0 Å². The van der Waals surface area contributed by atoms with Crippen LogP contribution in [0.5, 0.6) is 5.75 Å². The number of amides is 1. The van der Waals surface area contributed by atoms with Crippen molar-refractivity contribution in [1.82, 2.24) is 4.90 Å². The molecule has 2 heterocycles. The molecule has 6 heteroatoms. The Labute approximate surface area is 141 Å². The van der Waals surface area contributed by atoms with E-state index in [0.29, 0.717) is 31.9 Å². The average Bonchev–Trinajstić information content (AvgIpc) is 2.61. The second-order valence-electron chi connectivity index (χ2n) is 5.87. The molecule has 0 atom stereocenters. The molecule has 0 saturated carbocycles. The summed E-state index contributed by atoms with van der Waals surface area (Å²) in [4.78, 5) is 16.1. The molecule has 1 fully saturated rings. The number of benzene rings is 1. The molecule has 3 rings (SSSR count). The molecular weight excluding hydrogens is 306 g/mol. The van der Waals surface area contributed by atoms with E-state index in [2.05, 4.69) is 4.90 Å². The first-order chi connectivity index (χ1) is 11.6. The van der Waals surface area contributed by atoms with Crippen LogP contribution in [0.1, 0.15) is 5.56 Å². The van der Waals surface area contributed by atoms with Gasteiger partial charge < -0.3 is 14.8 Å². The highest BCUT2D eigenvalue weighted by Gasteiger charge is 2.27. The number of aromatic nitrogens is 1. The maximum Gasteiger partial charge on any atom is 0.316 e. The highest BCUT2D eigenvalue weighted by Crippen LogP contribution is 2.13. The smallest absolute Gasteiger partial charge is 0.316 e. The lowest BCUT2D eigenvalue weighted by molar-refractivity contribution is -0.894. The topological polar surface area (TPSA) is 56.9 Å². The Morgan fingerprint density at radius 2 is 1.83 bits per heavy atom. The van der Waals surface area contributed by atoms with Gasteiger partial charge in [0, 0.05) is 6.07 Å². The fourth-order valence-corrected chi connectivity index (χ4v) is 2.73. The van der Waals surface area contributed by atoms with E-state index in [0.717, 1.165) is 16.1 Å². The number of piperazine rings is 1. The molecule has 126 valence electrons. The number of anilines is 1. The lowest BCUT2D eigenvalue weighted by Crippen LogP contribution is -2.53. The molecule has 0 spiro atoms. The zero-order chi connectivity index (χ0) is 16.9. The lowest BCUT2D eigenvalue weighted by atomic mass is 10.2. The first-order valence-corrected chi connectivity index (χ1v) is 8.05. The molecular formula is C18H22N3O3+. The number of nitrogens with zero attached hydrogens (tertiary/aromatic N) is 3. The summed E-state index contributed by atoms with van der Waals surface area (Å²) in [6.45, 7) is 4.66. The number of carbonyl (C=O) groups is 1. The summed E-state index contributed by atoms with van der Waals surface area (Å²) < 4.78 is 6.67. The van der Waals surface area contributed by atoms with Crippen molar-refractivity contribution in [3.63, 3.8) is 0 Å². The fourth-order valence-electron chi connectivity index (χ4n) is 2.73. The minimum atomic E-state index is -0.0137. The zero-order valence-corrected chi connectivity index (χ0v) is 13.8. The maximum absolute atomic E-state index is 12.3. The second kappa shape index (κ2) is 7.21. The predicted octanol–water partition coefficient (Wildman–Crippen LogP) is 1.25. The molecule has 1 aromatic carbocycles. The van der Waals surface area contributed by atoms with E-state index in [9.17, 15) is 10.0 Å². The summed E-state index contributed by atoms with van der Waals surface area (Å²) >= 11 is 0. The summed E-state index contributed by atoms with van der Waals surface area (Å²) in [7, 11) is 0. The largest absolute Gasteiger partial charge is 0.484 e. The molecule has 1 aliphatic heterocycles. The Hall–Kier alpha value is -2.76. The number of hydrogen-bond acceptors (Lipinski definition) is 4. The van der Waals surface area contributed by atoms with Crippen LogP contribution in [-0.4, -0.2) is 48.8 Å². The van der Waals surface area contributed by atoms with Gasteiger partial charge in [0.1, 0.15) is 25.0 Å². The number of ether oxygens (including phenoxy) is 1. The van der Waals surface area contributed by atoms with Gasteiger partial charge >= 0.3 is 5.82 Å². The molecule has 1 N–H and O–H groups in total. The van der Waals surface area contributed by atoms with E-state index in [4.69, 9.17) is 4.74 Å². The predicted molar refractivity (Wildman–Crippen MR) is 89.3 cm³/mol. The number of carbonyl (C=O) groups excluding carboxylic acids is 1. The highest BCUT2D eigenvalue weighted by atomic mass is 16.5. The monoisotopic (exact) mass is 328 g/mol. The van der Waals surface area contributed by atoms with Crippen LogP contribution >= 0.6 is 0 Å². The summed E-state index contributed by atoms with van der Waals surface area (Å²) in [5.41, 5.74) is 1.16. The number of hydrogen-bond donors (Lipinski definition) is 1. The van der Waals surface area contributed by atoms with Gasteiger partial charge in [0.15, 0.2) is 6.61 Å². The molecule has 1 saturated heterocycles. The zero-order valence-electron chi connectivity index (χ0n) is 13.8. The van der Waals surface area contributed by atoms with E-state index >= 15 is 0 Å². The van der Waals surface area contributed by atoms with Gasteiger partial charge in [-0.25, -0.2) is 0 Å². The van der Waals surface area contributed by atoms with Gasteiger partial charge in [-0.3, -0.25) is 9.69 Å². The van der Waals surface area contributed by atoms with Crippen LogP contribution in [-0.2, 0) is 4.79 Å². The summed E-state index contributed by atoms with van der Waals surface area (Å²) in [5, 5.41) is 9.84. The molecule has 2 aromatic rings. The summed E-state index contributed by atoms with van der Waals surface area (Å²) in [5.74, 6) is 1.43. The Morgan fingerprint density at radius 3 is 2.50 bits per heavy atom. The Morgan fingerprint density at radius 1 is 1.12 bits per heavy atom. The molecule has 0 unspecified atom stereocenters. The molecule has 0 radical (unpaired) electrons. The molecule has 1 aliphatic rings. The lowest BCUT2D eigenvalue weighted by Gasteiger charge is -2.31. The summed E-state index contributed by atoms with van der Waals surface area (Å²) in [6, 6.07) is 13.2. The van der Waals surface area contributed by atoms with Crippen LogP contribution in [0.2, 0.25) is 0 Å². The van der Waals surface area contributed by atoms with Crippen molar-refractivity contribution >= 4 is 11.7 Å². The fraction of sp³-hybridized carbons (Fsp3) is 0.333. The van der Waals surface area contributed by atoms with E-state index < -0.39 is 0 Å². The third-order valence-electron chi connectivity index (χ3n) is 4.16. The molecule has 24 heavy (non-hydrogen) atoms. The Kier molecular flexibility index (Phi) is 4.84. The van der Waals surface area contributed by atoms with Crippen LogP contribution in [0, 0.1) is 6.92 Å². The Balaban J connectivity index is 1.50. The van der Waals surface area contributed by atoms with Crippen molar-refractivity contribution in [1.29, 1.82) is 0 Å². The van der Waals surface area contributed by atoms with Crippen molar-refractivity contribution in [3.05, 3.63) is 54.2 Å². The van der Waals surface area contributed by atoms with Gasteiger partial charge in [-0.05, 0) is 25.1 Å². The van der Waals surface area contributed by atoms with Gasteiger partial charge in [0.05, 0.1) is 13.1 Å². The van der Waals surface area contributed by atoms with Crippen molar-refractivity contribution in [2.24, 2.45) is 0 Å². The molecule has 1 aromatic heterocycles. The van der Waals surface area contributed by atoms with Crippen LogP contribution in [0.15, 0.2) is 48.7 Å². The molecule has 0 bridgehead atoms. The Bertz CT molecular complexity index is 695. The van der Waals surface area contributed by atoms with Gasteiger partial charge in [0.25, 0.3) is 5.91 Å². The van der Waals surface area contributed by atoms with Crippen molar-refractivity contribution < 1.29 is 19.5 Å². The number of pyridine rings is 1. The number of aryl methyl sites for hydroxylation is 1. The highest BCUT2D eigenvalue weighted by molar-refractivity contribution is 5.78. The maximum atomic E-state index is 12.3. The van der Waals surface area contributed by atoms with E-state index in [1.54, 1.807) is 17.2 Å². The van der Waals surface area contributed by atoms with Crippen molar-refractivity contribution in [2.45, 2.75) is 6.92 Å². The van der Waals surface area contributed by atoms with Crippen LogP contribution < -0.4 is 14.4 Å². The molecule has 1 amide bonds. The van der Waals surface area contributed by atoms with Crippen LogP contribution in [0.25, 0.3) is 0 Å². The number of rotatable bonds is 4. The van der Waals surface area contributed by atoms with E-state index in [1.807, 2.05) is 43.3 Å². The second-order valence-corrected chi connectivity index (χ2v) is 5.87. The third kappa shape index (κ3) is 3.76. The van der Waals surface area contributed by atoms with Gasteiger partial charge in [-0.15, -0.1) is 0 Å². The summed E-state index contributed by atoms with van der Waals surface area (Å²) in [6.07, 6.45) is 1.60. The van der Waals surface area contributed by atoms with Gasteiger partial charge in [-0.2, -0.15) is 0 Å². The van der Waals surface area contributed by atoms with Crippen molar-refractivity contribution in [3.8, 4) is 5.75 Å². The minimum Gasteiger partial charge on any atom is -0.484 e. The van der Waals surface area contributed by atoms with Crippen LogP contribution in [0.4, 0.5) is 5.82 Å². The minimum absolute atomic E-state index is 0.0137. The standard InChI is InChI=1S/C18H22N3O3/c1-15-5-7-16(8-6-15)24-14-18(22)20-12-10-19(11-13-20)17-4-2-3-9-21(17)23/h2-9,23H,10-14H2,1H3/q+1. The normalized spacial score (nSPS) is 14.5. The molecule has 6 nitrogen and oxygen atoms in total. The van der Waals surface area contributed by atoms with Gasteiger partial charge in [0.2, 0.25) is 0 Å². The molecule has 0 aliphatic carbocycles. The first-order valence-electron chi connectivity index (χ1n) is 8.05.